The average molecular weight is 267 g/mol. The van der Waals surface area contributed by atoms with Crippen LogP contribution in [0.1, 0.15) is 19.3 Å². The van der Waals surface area contributed by atoms with Crippen molar-refractivity contribution in [2.75, 3.05) is 36.8 Å². The maximum Gasteiger partial charge on any atom is 0.184 e. The van der Waals surface area contributed by atoms with Gasteiger partial charge >= 0.3 is 0 Å². The number of nitrogen functional groups attached to an aromatic ring is 1. The van der Waals surface area contributed by atoms with Crippen LogP contribution < -0.4 is 10.6 Å². The molecule has 0 spiro atoms. The Balaban J connectivity index is 1.91. The van der Waals surface area contributed by atoms with Gasteiger partial charge in [-0.3, -0.25) is 4.90 Å². The van der Waals surface area contributed by atoms with Crippen molar-refractivity contribution in [3.8, 4) is 0 Å². The molecule has 0 bridgehead atoms. The van der Waals surface area contributed by atoms with E-state index in [9.17, 15) is 8.78 Å². The molecule has 5 heteroatoms. The lowest BCUT2D eigenvalue weighted by Crippen LogP contribution is -2.37. The molecule has 0 amide bonds. The molecule has 2 N–H and O–H groups in total. The number of nitrogens with two attached hydrogens (primary N) is 1. The van der Waals surface area contributed by atoms with Gasteiger partial charge in [-0.1, -0.05) is 0 Å². The molecule has 1 aromatic rings. The Hall–Kier alpha value is -1.36. The van der Waals surface area contributed by atoms with Gasteiger partial charge in [0.2, 0.25) is 0 Å². The Morgan fingerprint density at radius 2 is 1.89 bits per heavy atom. The van der Waals surface area contributed by atoms with Gasteiger partial charge in [-0.2, -0.15) is 0 Å². The molecular weight excluding hydrogens is 248 g/mol. The van der Waals surface area contributed by atoms with Gasteiger partial charge in [0.1, 0.15) is 0 Å². The van der Waals surface area contributed by atoms with E-state index in [4.69, 9.17) is 5.73 Å². The van der Waals surface area contributed by atoms with Crippen LogP contribution in [0.2, 0.25) is 0 Å². The Labute approximate surface area is 112 Å². The summed E-state index contributed by atoms with van der Waals surface area (Å²) in [5.74, 6) is -1.64. The SMILES string of the molecule is Nc1ccc(F)c(F)c1N1CCCN2CCCC2C1. The van der Waals surface area contributed by atoms with Crippen LogP contribution in [0.4, 0.5) is 20.2 Å². The molecule has 3 rings (SSSR count). The number of benzene rings is 1. The van der Waals surface area contributed by atoms with E-state index >= 15 is 0 Å². The molecule has 104 valence electrons. The highest BCUT2D eigenvalue weighted by Gasteiger charge is 2.30. The highest BCUT2D eigenvalue weighted by Crippen LogP contribution is 2.32. The highest BCUT2D eigenvalue weighted by atomic mass is 19.2. The molecule has 2 aliphatic rings. The zero-order chi connectivity index (χ0) is 13.4. The minimum Gasteiger partial charge on any atom is -0.397 e. The predicted molar refractivity (Wildman–Crippen MR) is 72.2 cm³/mol. The molecular formula is C14H19F2N3. The summed E-state index contributed by atoms with van der Waals surface area (Å²) in [5, 5.41) is 0. The van der Waals surface area contributed by atoms with E-state index < -0.39 is 11.6 Å². The number of nitrogens with zero attached hydrogens (tertiary/aromatic N) is 2. The van der Waals surface area contributed by atoms with Crippen molar-refractivity contribution in [3.63, 3.8) is 0 Å². The molecule has 3 nitrogen and oxygen atoms in total. The number of hydrogen-bond acceptors (Lipinski definition) is 3. The third-order valence-electron chi connectivity index (χ3n) is 4.22. The molecule has 19 heavy (non-hydrogen) atoms. The van der Waals surface area contributed by atoms with Gasteiger partial charge < -0.3 is 10.6 Å². The van der Waals surface area contributed by atoms with Crippen LogP contribution in [0.15, 0.2) is 12.1 Å². The minimum atomic E-state index is -0.822. The first-order valence-electron chi connectivity index (χ1n) is 6.89. The van der Waals surface area contributed by atoms with Crippen molar-refractivity contribution in [2.24, 2.45) is 0 Å². The van der Waals surface area contributed by atoms with E-state index in [1.165, 1.54) is 12.5 Å². The third kappa shape index (κ3) is 2.27. The quantitative estimate of drug-likeness (QED) is 0.792. The normalized spacial score (nSPS) is 24.3. The monoisotopic (exact) mass is 267 g/mol. The Morgan fingerprint density at radius 3 is 2.74 bits per heavy atom. The molecule has 2 saturated heterocycles. The van der Waals surface area contributed by atoms with Gasteiger partial charge in [-0.25, -0.2) is 8.78 Å². The summed E-state index contributed by atoms with van der Waals surface area (Å²) in [5.41, 5.74) is 6.42. The van der Waals surface area contributed by atoms with Crippen LogP contribution in [0, 0.1) is 11.6 Å². The Kier molecular flexibility index (Phi) is 3.31. The van der Waals surface area contributed by atoms with Crippen molar-refractivity contribution < 1.29 is 8.78 Å². The zero-order valence-electron chi connectivity index (χ0n) is 10.9. The lowest BCUT2D eigenvalue weighted by atomic mass is 10.1. The minimum absolute atomic E-state index is 0.244. The first kappa shape index (κ1) is 12.7. The van der Waals surface area contributed by atoms with E-state index in [1.807, 2.05) is 4.90 Å². The molecule has 2 fully saturated rings. The smallest absolute Gasteiger partial charge is 0.184 e. The van der Waals surface area contributed by atoms with Crippen molar-refractivity contribution in [2.45, 2.75) is 25.3 Å². The molecule has 0 aliphatic carbocycles. The highest BCUT2D eigenvalue weighted by molar-refractivity contribution is 5.68. The predicted octanol–water partition coefficient (Wildman–Crippen LogP) is 2.22. The van der Waals surface area contributed by atoms with Crippen LogP contribution >= 0.6 is 0 Å². The van der Waals surface area contributed by atoms with Crippen LogP contribution in [0.3, 0.4) is 0 Å². The second kappa shape index (κ2) is 4.96. The number of hydrogen-bond donors (Lipinski definition) is 1. The van der Waals surface area contributed by atoms with Crippen molar-refractivity contribution in [3.05, 3.63) is 23.8 Å². The first-order valence-corrected chi connectivity index (χ1v) is 6.89. The van der Waals surface area contributed by atoms with E-state index in [0.717, 1.165) is 45.1 Å². The molecule has 2 aliphatic heterocycles. The summed E-state index contributed by atoms with van der Waals surface area (Å²) in [4.78, 5) is 4.37. The lowest BCUT2D eigenvalue weighted by molar-refractivity contribution is 0.273. The first-order chi connectivity index (χ1) is 9.16. The van der Waals surface area contributed by atoms with Crippen molar-refractivity contribution in [1.29, 1.82) is 0 Å². The molecule has 0 saturated carbocycles. The largest absolute Gasteiger partial charge is 0.397 e. The topological polar surface area (TPSA) is 32.5 Å². The molecule has 1 unspecified atom stereocenters. The molecule has 0 radical (unpaired) electrons. The molecule has 0 aromatic heterocycles. The summed E-state index contributed by atoms with van der Waals surface area (Å²) in [6.45, 7) is 3.64. The summed E-state index contributed by atoms with van der Waals surface area (Å²) >= 11 is 0. The lowest BCUT2D eigenvalue weighted by Gasteiger charge is -2.28. The molecule has 2 heterocycles. The van der Waals surface area contributed by atoms with Crippen molar-refractivity contribution in [1.82, 2.24) is 4.90 Å². The number of fused-ring (bicyclic) bond motifs is 1. The van der Waals surface area contributed by atoms with Gasteiger partial charge in [0, 0.05) is 25.7 Å². The summed E-state index contributed by atoms with van der Waals surface area (Å²) < 4.78 is 27.4. The summed E-state index contributed by atoms with van der Waals surface area (Å²) in [6, 6.07) is 2.99. The number of rotatable bonds is 1. The summed E-state index contributed by atoms with van der Waals surface area (Å²) in [6.07, 6.45) is 3.29. The molecule has 1 atom stereocenters. The number of halogens is 2. The third-order valence-corrected chi connectivity index (χ3v) is 4.22. The van der Waals surface area contributed by atoms with E-state index in [0.29, 0.717) is 11.7 Å². The van der Waals surface area contributed by atoms with Gasteiger partial charge in [0.25, 0.3) is 0 Å². The van der Waals surface area contributed by atoms with Crippen LogP contribution in [-0.2, 0) is 0 Å². The Bertz CT molecular complexity index is 478. The number of anilines is 2. The van der Waals surface area contributed by atoms with E-state index in [1.54, 1.807) is 0 Å². The van der Waals surface area contributed by atoms with Crippen molar-refractivity contribution >= 4 is 11.4 Å². The zero-order valence-corrected chi connectivity index (χ0v) is 10.9. The average Bonchev–Trinajstić information content (AvgIpc) is 2.73. The van der Waals surface area contributed by atoms with Crippen LogP contribution in [-0.4, -0.2) is 37.1 Å². The Morgan fingerprint density at radius 1 is 1.11 bits per heavy atom. The fraction of sp³-hybridized carbons (Fsp3) is 0.571. The second-order valence-electron chi connectivity index (χ2n) is 5.43. The molecule has 1 aromatic carbocycles. The van der Waals surface area contributed by atoms with Gasteiger partial charge in [-0.15, -0.1) is 0 Å². The maximum absolute atomic E-state index is 14.0. The van der Waals surface area contributed by atoms with Crippen LogP contribution in [0.25, 0.3) is 0 Å². The van der Waals surface area contributed by atoms with E-state index in [2.05, 4.69) is 4.90 Å². The van der Waals surface area contributed by atoms with Crippen LogP contribution in [0.5, 0.6) is 0 Å². The van der Waals surface area contributed by atoms with E-state index in [-0.39, 0.29) is 5.69 Å². The van der Waals surface area contributed by atoms with Gasteiger partial charge in [0.15, 0.2) is 11.6 Å². The second-order valence-corrected chi connectivity index (χ2v) is 5.43. The fourth-order valence-corrected chi connectivity index (χ4v) is 3.29. The maximum atomic E-state index is 14.0. The van der Waals surface area contributed by atoms with Gasteiger partial charge in [-0.05, 0) is 37.9 Å². The summed E-state index contributed by atoms with van der Waals surface area (Å²) in [7, 11) is 0. The fourth-order valence-electron chi connectivity index (χ4n) is 3.29. The van der Waals surface area contributed by atoms with Gasteiger partial charge in [0.05, 0.1) is 11.4 Å². The standard InChI is InChI=1S/C14H19F2N3/c15-11-4-5-12(17)14(13(11)16)19-8-2-7-18-6-1-3-10(18)9-19/h4-5,10H,1-3,6-9,17H2.